The number of rotatable bonds is 5. The van der Waals surface area contributed by atoms with E-state index in [1.54, 1.807) is 24.3 Å². The Hall–Kier alpha value is -3.35. The van der Waals surface area contributed by atoms with E-state index in [0.29, 0.717) is 36.0 Å². The standard InChI is InChI=1S/C26H19BrO5/c27-20-11-18-14-29-16-31-26(18)19(12-20)15-30-21-9-10-22-24(13-21)32-23(25(22)28)8-4-7-17-5-2-1-3-6-17/h1-13H,14-16H2/b7-4+,23-8-. The van der Waals surface area contributed by atoms with Crippen LogP contribution in [0.4, 0.5) is 0 Å². The Labute approximate surface area is 194 Å². The van der Waals surface area contributed by atoms with Crippen LogP contribution in [0.25, 0.3) is 6.08 Å². The minimum Gasteiger partial charge on any atom is -0.489 e. The number of allylic oxidation sites excluding steroid dienone is 3. The van der Waals surface area contributed by atoms with Crippen LogP contribution in [0.3, 0.4) is 0 Å². The molecule has 160 valence electrons. The summed E-state index contributed by atoms with van der Waals surface area (Å²) in [7, 11) is 0. The van der Waals surface area contributed by atoms with Crippen molar-refractivity contribution in [3.8, 4) is 17.2 Å². The van der Waals surface area contributed by atoms with Gasteiger partial charge >= 0.3 is 0 Å². The van der Waals surface area contributed by atoms with Crippen molar-refractivity contribution >= 4 is 27.8 Å². The molecule has 0 radical (unpaired) electrons. The zero-order chi connectivity index (χ0) is 21.9. The first kappa shape index (κ1) is 20.5. The van der Waals surface area contributed by atoms with Crippen molar-refractivity contribution in [1.29, 1.82) is 0 Å². The summed E-state index contributed by atoms with van der Waals surface area (Å²) >= 11 is 3.52. The van der Waals surface area contributed by atoms with Gasteiger partial charge in [-0.05, 0) is 35.9 Å². The van der Waals surface area contributed by atoms with Gasteiger partial charge < -0.3 is 18.9 Å². The van der Waals surface area contributed by atoms with Crippen LogP contribution in [0, 0.1) is 0 Å². The second kappa shape index (κ2) is 9.02. The molecule has 3 aromatic rings. The van der Waals surface area contributed by atoms with Crippen LogP contribution < -0.4 is 14.2 Å². The van der Waals surface area contributed by atoms with E-state index in [1.807, 2.05) is 54.6 Å². The first-order chi connectivity index (χ1) is 15.7. The molecule has 2 aliphatic rings. The Morgan fingerprint density at radius 2 is 1.94 bits per heavy atom. The van der Waals surface area contributed by atoms with Gasteiger partial charge in [0.1, 0.15) is 23.9 Å². The topological polar surface area (TPSA) is 54.0 Å². The summed E-state index contributed by atoms with van der Waals surface area (Å²) < 4.78 is 23.7. The van der Waals surface area contributed by atoms with Crippen LogP contribution in [0.5, 0.6) is 17.2 Å². The predicted octanol–water partition coefficient (Wildman–Crippen LogP) is 6.07. The summed E-state index contributed by atoms with van der Waals surface area (Å²) in [5.74, 6) is 2.05. The van der Waals surface area contributed by atoms with E-state index in [1.165, 1.54) is 0 Å². The van der Waals surface area contributed by atoms with Crippen LogP contribution in [0.1, 0.15) is 27.0 Å². The third kappa shape index (κ3) is 4.33. The lowest BCUT2D eigenvalue weighted by molar-refractivity contribution is -0.0176. The molecule has 0 atom stereocenters. The number of carbonyl (C=O) groups is 1. The molecule has 3 aromatic carbocycles. The van der Waals surface area contributed by atoms with Gasteiger partial charge in [-0.1, -0.05) is 58.4 Å². The van der Waals surface area contributed by atoms with Crippen LogP contribution in [-0.2, 0) is 18.0 Å². The van der Waals surface area contributed by atoms with Crippen molar-refractivity contribution in [2.75, 3.05) is 6.79 Å². The first-order valence-electron chi connectivity index (χ1n) is 10.1. The van der Waals surface area contributed by atoms with Gasteiger partial charge in [0.2, 0.25) is 5.78 Å². The smallest absolute Gasteiger partial charge is 0.231 e. The molecule has 0 amide bonds. The van der Waals surface area contributed by atoms with Gasteiger partial charge in [-0.15, -0.1) is 0 Å². The lowest BCUT2D eigenvalue weighted by Crippen LogP contribution is -2.14. The van der Waals surface area contributed by atoms with E-state index in [9.17, 15) is 4.79 Å². The maximum atomic E-state index is 12.6. The van der Waals surface area contributed by atoms with Crippen molar-refractivity contribution in [3.05, 3.63) is 105 Å². The van der Waals surface area contributed by atoms with E-state index >= 15 is 0 Å². The molecule has 0 saturated heterocycles. The number of hydrogen-bond donors (Lipinski definition) is 0. The lowest BCUT2D eigenvalue weighted by Gasteiger charge is -2.21. The molecular formula is C26H19BrO5. The fraction of sp³-hybridized carbons (Fsp3) is 0.115. The number of Topliss-reactive ketones (excluding diaryl/α,β-unsaturated/α-hetero) is 1. The second-order valence-corrected chi connectivity index (χ2v) is 8.26. The zero-order valence-corrected chi connectivity index (χ0v) is 18.6. The molecule has 0 saturated carbocycles. The molecule has 2 heterocycles. The molecule has 2 aliphatic heterocycles. The molecule has 0 N–H and O–H groups in total. The highest BCUT2D eigenvalue weighted by atomic mass is 79.9. The second-order valence-electron chi connectivity index (χ2n) is 7.34. The van der Waals surface area contributed by atoms with Crippen molar-refractivity contribution in [2.24, 2.45) is 0 Å². The molecule has 5 nitrogen and oxygen atoms in total. The quantitative estimate of drug-likeness (QED) is 0.406. The van der Waals surface area contributed by atoms with Crippen LogP contribution in [0.15, 0.2) is 83.0 Å². The van der Waals surface area contributed by atoms with Gasteiger partial charge in [0.25, 0.3) is 0 Å². The minimum absolute atomic E-state index is 0.140. The Kier molecular flexibility index (Phi) is 5.79. The van der Waals surface area contributed by atoms with Gasteiger partial charge in [0.05, 0.1) is 12.2 Å². The van der Waals surface area contributed by atoms with E-state index in [4.69, 9.17) is 18.9 Å². The maximum Gasteiger partial charge on any atom is 0.231 e. The molecule has 0 fully saturated rings. The molecule has 5 rings (SSSR count). The van der Waals surface area contributed by atoms with Crippen LogP contribution in [0.2, 0.25) is 0 Å². The molecule has 32 heavy (non-hydrogen) atoms. The monoisotopic (exact) mass is 490 g/mol. The fourth-order valence-corrected chi connectivity index (χ4v) is 4.16. The number of hydrogen-bond acceptors (Lipinski definition) is 5. The first-order valence-corrected chi connectivity index (χ1v) is 10.9. The minimum atomic E-state index is -0.140. The molecule has 0 unspecified atom stereocenters. The van der Waals surface area contributed by atoms with E-state index in [0.717, 1.165) is 26.9 Å². The highest BCUT2D eigenvalue weighted by molar-refractivity contribution is 9.10. The fourth-order valence-electron chi connectivity index (χ4n) is 3.61. The summed E-state index contributed by atoms with van der Waals surface area (Å²) in [6, 6.07) is 19.1. The Morgan fingerprint density at radius 3 is 2.81 bits per heavy atom. The third-order valence-corrected chi connectivity index (χ3v) is 5.58. The number of ketones is 1. The summed E-state index contributed by atoms with van der Waals surface area (Å²) in [5, 5.41) is 0. The summed E-state index contributed by atoms with van der Waals surface area (Å²) in [6.45, 7) is 1.05. The molecular weight excluding hydrogens is 472 g/mol. The van der Waals surface area contributed by atoms with Crippen molar-refractivity contribution < 1.29 is 23.7 Å². The Bertz CT molecular complexity index is 1230. The highest BCUT2D eigenvalue weighted by Crippen LogP contribution is 2.36. The van der Waals surface area contributed by atoms with Crippen LogP contribution >= 0.6 is 15.9 Å². The lowest BCUT2D eigenvalue weighted by atomic mass is 10.1. The Balaban J connectivity index is 1.30. The third-order valence-electron chi connectivity index (χ3n) is 5.12. The molecule has 0 aliphatic carbocycles. The van der Waals surface area contributed by atoms with Crippen LogP contribution in [-0.4, -0.2) is 12.6 Å². The molecule has 0 bridgehead atoms. The number of ether oxygens (including phenoxy) is 4. The molecule has 0 aromatic heterocycles. The van der Waals surface area contributed by atoms with E-state index in [2.05, 4.69) is 15.9 Å². The van der Waals surface area contributed by atoms with E-state index < -0.39 is 0 Å². The highest BCUT2D eigenvalue weighted by Gasteiger charge is 2.27. The Morgan fingerprint density at radius 1 is 1.06 bits per heavy atom. The number of carbonyl (C=O) groups excluding carboxylic acids is 1. The average Bonchev–Trinajstić information content (AvgIpc) is 3.13. The summed E-state index contributed by atoms with van der Waals surface area (Å²) in [6.07, 6.45) is 5.42. The van der Waals surface area contributed by atoms with E-state index in [-0.39, 0.29) is 12.6 Å². The van der Waals surface area contributed by atoms with Crippen molar-refractivity contribution in [1.82, 2.24) is 0 Å². The zero-order valence-electron chi connectivity index (χ0n) is 17.0. The molecule has 6 heteroatoms. The van der Waals surface area contributed by atoms with Gasteiger partial charge in [-0.2, -0.15) is 0 Å². The summed E-state index contributed by atoms with van der Waals surface area (Å²) in [4.78, 5) is 12.6. The largest absolute Gasteiger partial charge is 0.489 e. The normalized spacial score (nSPS) is 15.9. The van der Waals surface area contributed by atoms with Gasteiger partial charge in [0.15, 0.2) is 12.6 Å². The number of halogens is 1. The van der Waals surface area contributed by atoms with Gasteiger partial charge in [-0.25, -0.2) is 0 Å². The van der Waals surface area contributed by atoms with Gasteiger partial charge in [0, 0.05) is 21.7 Å². The maximum absolute atomic E-state index is 12.6. The van der Waals surface area contributed by atoms with Crippen molar-refractivity contribution in [2.45, 2.75) is 13.2 Å². The van der Waals surface area contributed by atoms with Crippen molar-refractivity contribution in [3.63, 3.8) is 0 Å². The SMILES string of the molecule is O=C1/C(=C/C=C/c2ccccc2)Oc2cc(OCc3cc(Br)cc4c3OCOC4)ccc21. The van der Waals surface area contributed by atoms with Gasteiger partial charge in [-0.3, -0.25) is 4.79 Å². The molecule has 0 spiro atoms. The summed E-state index contributed by atoms with van der Waals surface area (Å²) in [5.41, 5.74) is 3.47. The predicted molar refractivity (Wildman–Crippen MR) is 124 cm³/mol. The number of benzene rings is 3. The average molecular weight is 491 g/mol. The number of fused-ring (bicyclic) bond motifs is 2.